The zero-order valence-electron chi connectivity index (χ0n) is 11.7. The fraction of sp³-hybridized carbons (Fsp3) is 0.400. The molecule has 4 nitrogen and oxygen atoms in total. The highest BCUT2D eigenvalue weighted by Gasteiger charge is 2.12. The maximum absolute atomic E-state index is 6.04. The van der Waals surface area contributed by atoms with Gasteiger partial charge in [-0.05, 0) is 47.3 Å². The van der Waals surface area contributed by atoms with E-state index in [4.69, 9.17) is 15.0 Å². The monoisotopic (exact) mass is 338 g/mol. The van der Waals surface area contributed by atoms with Gasteiger partial charge >= 0.3 is 0 Å². The van der Waals surface area contributed by atoms with Crippen LogP contribution in [0.5, 0.6) is 5.75 Å². The van der Waals surface area contributed by atoms with E-state index in [1.54, 1.807) is 0 Å². The van der Waals surface area contributed by atoms with Crippen LogP contribution in [0.4, 0.5) is 0 Å². The van der Waals surface area contributed by atoms with E-state index in [0.29, 0.717) is 12.4 Å². The van der Waals surface area contributed by atoms with Gasteiger partial charge in [0, 0.05) is 12.1 Å². The lowest BCUT2D eigenvalue weighted by Gasteiger charge is -2.15. The van der Waals surface area contributed by atoms with Gasteiger partial charge in [-0.3, -0.25) is 0 Å². The minimum absolute atomic E-state index is 0.138. The molecule has 1 heterocycles. The Kier molecular flexibility index (Phi) is 5.20. The molecule has 5 heteroatoms. The van der Waals surface area contributed by atoms with Gasteiger partial charge in [-0.25, -0.2) is 0 Å². The van der Waals surface area contributed by atoms with E-state index in [1.807, 2.05) is 31.2 Å². The van der Waals surface area contributed by atoms with Gasteiger partial charge in [0.15, 0.2) is 5.76 Å². The van der Waals surface area contributed by atoms with Crippen molar-refractivity contribution in [2.45, 2.75) is 39.3 Å². The fourth-order valence-electron chi connectivity index (χ4n) is 1.93. The average Bonchev–Trinajstić information content (AvgIpc) is 2.83. The Balaban J connectivity index is 2.12. The van der Waals surface area contributed by atoms with Crippen molar-refractivity contribution >= 4 is 15.9 Å². The highest BCUT2D eigenvalue weighted by Crippen LogP contribution is 2.30. The van der Waals surface area contributed by atoms with Crippen molar-refractivity contribution in [2.75, 3.05) is 0 Å². The Morgan fingerprint density at radius 2 is 2.25 bits per heavy atom. The van der Waals surface area contributed by atoms with Crippen LogP contribution in [-0.4, -0.2) is 11.2 Å². The van der Waals surface area contributed by atoms with E-state index in [-0.39, 0.29) is 6.04 Å². The number of aryl methyl sites for hydroxylation is 1. The van der Waals surface area contributed by atoms with Gasteiger partial charge in [0.2, 0.25) is 0 Å². The number of para-hydroxylation sites is 1. The standard InChI is InChI=1S/C15H19BrN2O2/c1-3-12(17)8-11-5-4-6-14(16)15(11)19-9-13-7-10(2)18-20-13/h4-7,12H,3,8-9,17H2,1-2H3. The molecule has 0 saturated carbocycles. The first-order valence-corrected chi connectivity index (χ1v) is 7.47. The number of hydrogen-bond acceptors (Lipinski definition) is 4. The zero-order valence-corrected chi connectivity index (χ0v) is 13.3. The van der Waals surface area contributed by atoms with Crippen molar-refractivity contribution in [1.29, 1.82) is 0 Å². The number of nitrogens with two attached hydrogens (primary N) is 1. The molecule has 0 aliphatic rings. The van der Waals surface area contributed by atoms with Crippen LogP contribution in [0.1, 0.15) is 30.4 Å². The van der Waals surface area contributed by atoms with Gasteiger partial charge in [-0.2, -0.15) is 0 Å². The van der Waals surface area contributed by atoms with Crippen LogP contribution < -0.4 is 10.5 Å². The molecule has 1 atom stereocenters. The van der Waals surface area contributed by atoms with Crippen molar-refractivity contribution in [3.8, 4) is 5.75 Å². The SMILES string of the molecule is CCC(N)Cc1cccc(Br)c1OCc1cc(C)no1. The van der Waals surface area contributed by atoms with E-state index >= 15 is 0 Å². The summed E-state index contributed by atoms with van der Waals surface area (Å²) in [6.07, 6.45) is 1.73. The molecule has 0 saturated heterocycles. The molecule has 1 unspecified atom stereocenters. The topological polar surface area (TPSA) is 61.3 Å². The number of benzene rings is 1. The molecular formula is C15H19BrN2O2. The molecule has 2 aromatic rings. The van der Waals surface area contributed by atoms with E-state index in [0.717, 1.165) is 34.3 Å². The number of ether oxygens (including phenoxy) is 1. The van der Waals surface area contributed by atoms with Gasteiger partial charge in [-0.15, -0.1) is 0 Å². The van der Waals surface area contributed by atoms with Crippen LogP contribution in [0.25, 0.3) is 0 Å². The first-order chi connectivity index (χ1) is 9.60. The summed E-state index contributed by atoms with van der Waals surface area (Å²) in [5, 5.41) is 3.85. The molecule has 0 radical (unpaired) electrons. The minimum atomic E-state index is 0.138. The van der Waals surface area contributed by atoms with Crippen LogP contribution in [-0.2, 0) is 13.0 Å². The van der Waals surface area contributed by atoms with E-state index in [1.165, 1.54) is 0 Å². The van der Waals surface area contributed by atoms with Gasteiger partial charge in [-0.1, -0.05) is 24.2 Å². The van der Waals surface area contributed by atoms with Crippen LogP contribution in [0.3, 0.4) is 0 Å². The van der Waals surface area contributed by atoms with Crippen molar-refractivity contribution in [3.05, 3.63) is 45.8 Å². The van der Waals surface area contributed by atoms with Gasteiger partial charge in [0.1, 0.15) is 12.4 Å². The quantitative estimate of drug-likeness (QED) is 0.873. The van der Waals surface area contributed by atoms with Gasteiger partial charge < -0.3 is 15.0 Å². The summed E-state index contributed by atoms with van der Waals surface area (Å²) in [5.41, 5.74) is 7.99. The first kappa shape index (κ1) is 15.1. The lowest BCUT2D eigenvalue weighted by atomic mass is 10.0. The molecule has 0 aliphatic heterocycles. The second-order valence-corrected chi connectivity index (χ2v) is 5.68. The maximum Gasteiger partial charge on any atom is 0.174 e. The average molecular weight is 339 g/mol. The molecule has 0 spiro atoms. The summed E-state index contributed by atoms with van der Waals surface area (Å²) in [7, 11) is 0. The second-order valence-electron chi connectivity index (χ2n) is 4.82. The molecule has 0 aliphatic carbocycles. The van der Waals surface area contributed by atoms with E-state index < -0.39 is 0 Å². The lowest BCUT2D eigenvalue weighted by molar-refractivity contribution is 0.245. The predicted molar refractivity (Wildman–Crippen MR) is 81.7 cm³/mol. The fourth-order valence-corrected chi connectivity index (χ4v) is 2.45. The van der Waals surface area contributed by atoms with Crippen LogP contribution in [0.2, 0.25) is 0 Å². The molecule has 0 fully saturated rings. The Morgan fingerprint density at radius 3 is 2.90 bits per heavy atom. The third-order valence-corrected chi connectivity index (χ3v) is 3.71. The second kappa shape index (κ2) is 6.90. The summed E-state index contributed by atoms with van der Waals surface area (Å²) in [6.45, 7) is 4.33. The van der Waals surface area contributed by atoms with Crippen LogP contribution in [0, 0.1) is 6.92 Å². The molecule has 108 valence electrons. The van der Waals surface area contributed by atoms with E-state index in [2.05, 4.69) is 28.0 Å². The van der Waals surface area contributed by atoms with Crippen molar-refractivity contribution in [3.63, 3.8) is 0 Å². The van der Waals surface area contributed by atoms with Crippen molar-refractivity contribution in [1.82, 2.24) is 5.16 Å². The Bertz CT molecular complexity index is 569. The Hall–Kier alpha value is -1.33. The van der Waals surface area contributed by atoms with Crippen molar-refractivity contribution < 1.29 is 9.26 Å². The largest absolute Gasteiger partial charge is 0.484 e. The minimum Gasteiger partial charge on any atom is -0.484 e. The molecular weight excluding hydrogens is 320 g/mol. The molecule has 2 rings (SSSR count). The highest BCUT2D eigenvalue weighted by atomic mass is 79.9. The molecule has 1 aromatic carbocycles. The van der Waals surface area contributed by atoms with Gasteiger partial charge in [0.05, 0.1) is 10.2 Å². The summed E-state index contributed by atoms with van der Waals surface area (Å²) in [6, 6.07) is 8.00. The maximum atomic E-state index is 6.04. The number of nitrogens with zero attached hydrogens (tertiary/aromatic N) is 1. The third-order valence-electron chi connectivity index (χ3n) is 3.09. The number of halogens is 1. The summed E-state index contributed by atoms with van der Waals surface area (Å²) in [4.78, 5) is 0. The first-order valence-electron chi connectivity index (χ1n) is 6.68. The Labute approximate surface area is 127 Å². The highest BCUT2D eigenvalue weighted by molar-refractivity contribution is 9.10. The van der Waals surface area contributed by atoms with Crippen molar-refractivity contribution in [2.24, 2.45) is 5.73 Å². The number of rotatable bonds is 6. The lowest BCUT2D eigenvalue weighted by Crippen LogP contribution is -2.21. The zero-order chi connectivity index (χ0) is 14.5. The van der Waals surface area contributed by atoms with Crippen LogP contribution >= 0.6 is 15.9 Å². The predicted octanol–water partition coefficient (Wildman–Crippen LogP) is 3.60. The molecule has 0 amide bonds. The smallest absolute Gasteiger partial charge is 0.174 e. The number of hydrogen-bond donors (Lipinski definition) is 1. The molecule has 2 N–H and O–H groups in total. The summed E-state index contributed by atoms with van der Waals surface area (Å²) >= 11 is 3.53. The van der Waals surface area contributed by atoms with Gasteiger partial charge in [0.25, 0.3) is 0 Å². The van der Waals surface area contributed by atoms with E-state index in [9.17, 15) is 0 Å². The normalized spacial score (nSPS) is 12.4. The van der Waals surface area contributed by atoms with Crippen LogP contribution in [0.15, 0.2) is 33.3 Å². The summed E-state index contributed by atoms with van der Waals surface area (Å²) < 4.78 is 12.0. The Morgan fingerprint density at radius 1 is 1.45 bits per heavy atom. The molecule has 20 heavy (non-hydrogen) atoms. The third kappa shape index (κ3) is 3.84. The molecule has 0 bridgehead atoms. The number of aromatic nitrogens is 1. The summed E-state index contributed by atoms with van der Waals surface area (Å²) in [5.74, 6) is 1.54. The molecule has 1 aromatic heterocycles.